The molecule has 0 aromatic heterocycles. The van der Waals surface area contributed by atoms with Crippen LogP contribution >= 0.6 is 0 Å². The second-order valence-corrected chi connectivity index (χ2v) is 3.31. The first kappa shape index (κ1) is 11.5. The summed E-state index contributed by atoms with van der Waals surface area (Å²) in [6.07, 6.45) is 1.40. The molecule has 0 radical (unpaired) electrons. The predicted molar refractivity (Wildman–Crippen MR) is 60.6 cm³/mol. The largest absolute Gasteiger partial charge is 0.395 e. The van der Waals surface area contributed by atoms with E-state index in [1.165, 1.54) is 0 Å². The summed E-state index contributed by atoms with van der Waals surface area (Å²) in [5.41, 5.74) is 1.10. The molecule has 0 atom stereocenters. The van der Waals surface area contributed by atoms with Gasteiger partial charge in [-0.25, -0.2) is 0 Å². The van der Waals surface area contributed by atoms with Crippen molar-refractivity contribution in [3.8, 4) is 6.07 Å². The third-order valence-electron chi connectivity index (χ3n) is 2.21. The van der Waals surface area contributed by atoms with Gasteiger partial charge >= 0.3 is 0 Å². The molecular formula is C12H16N2O. The van der Waals surface area contributed by atoms with E-state index < -0.39 is 0 Å². The Bertz CT molecular complexity index is 305. The van der Waals surface area contributed by atoms with Crippen LogP contribution in [-0.2, 0) is 0 Å². The minimum atomic E-state index is 0.140. The molecule has 0 unspecified atom stereocenters. The molecule has 0 spiro atoms. The summed E-state index contributed by atoms with van der Waals surface area (Å²) in [6.45, 7) is 1.58. The van der Waals surface area contributed by atoms with Crippen molar-refractivity contribution in [2.75, 3.05) is 24.6 Å². The van der Waals surface area contributed by atoms with Gasteiger partial charge in [-0.3, -0.25) is 0 Å². The summed E-state index contributed by atoms with van der Waals surface area (Å²) in [6, 6.07) is 12.1. The Labute approximate surface area is 90.6 Å². The average Bonchev–Trinajstić information content (AvgIpc) is 2.29. The molecule has 3 heteroatoms. The third kappa shape index (κ3) is 4.01. The summed E-state index contributed by atoms with van der Waals surface area (Å²) < 4.78 is 0. The highest BCUT2D eigenvalue weighted by Gasteiger charge is 2.03. The van der Waals surface area contributed by atoms with Gasteiger partial charge in [0.25, 0.3) is 0 Å². The van der Waals surface area contributed by atoms with Crippen molar-refractivity contribution >= 4 is 5.69 Å². The Kier molecular flexibility index (Phi) is 5.28. The van der Waals surface area contributed by atoms with Gasteiger partial charge in [0.15, 0.2) is 0 Å². The van der Waals surface area contributed by atoms with E-state index in [1.54, 1.807) is 0 Å². The van der Waals surface area contributed by atoms with Crippen molar-refractivity contribution in [2.45, 2.75) is 12.8 Å². The summed E-state index contributed by atoms with van der Waals surface area (Å²) in [5.74, 6) is 0. The van der Waals surface area contributed by atoms with Gasteiger partial charge in [-0.15, -0.1) is 0 Å². The van der Waals surface area contributed by atoms with Crippen LogP contribution in [0.15, 0.2) is 30.3 Å². The van der Waals surface area contributed by atoms with Gasteiger partial charge in [0.1, 0.15) is 0 Å². The number of rotatable bonds is 6. The zero-order valence-electron chi connectivity index (χ0n) is 8.76. The number of aliphatic hydroxyl groups excluding tert-OH is 1. The van der Waals surface area contributed by atoms with Gasteiger partial charge in [0.2, 0.25) is 0 Å². The number of unbranched alkanes of at least 4 members (excludes halogenated alkanes) is 1. The van der Waals surface area contributed by atoms with Gasteiger partial charge in [-0.05, 0) is 18.6 Å². The maximum Gasteiger partial charge on any atom is 0.0622 e. The molecule has 80 valence electrons. The summed E-state index contributed by atoms with van der Waals surface area (Å²) in [5, 5.41) is 17.4. The second kappa shape index (κ2) is 6.86. The summed E-state index contributed by atoms with van der Waals surface area (Å²) in [4.78, 5) is 2.09. The van der Waals surface area contributed by atoms with Crippen molar-refractivity contribution in [1.29, 1.82) is 5.26 Å². The van der Waals surface area contributed by atoms with E-state index in [2.05, 4.69) is 11.0 Å². The molecule has 0 fully saturated rings. The standard InChI is InChI=1S/C12H16N2O/c13-8-4-5-9-14(10-11-15)12-6-2-1-3-7-12/h1-3,6-7,15H,4-5,9-11H2. The van der Waals surface area contributed by atoms with E-state index in [0.717, 1.165) is 18.7 Å². The molecule has 0 aliphatic rings. The Hall–Kier alpha value is -1.53. The fourth-order valence-electron chi connectivity index (χ4n) is 1.48. The first-order valence-corrected chi connectivity index (χ1v) is 5.16. The number of benzene rings is 1. The fraction of sp³-hybridized carbons (Fsp3) is 0.417. The van der Waals surface area contributed by atoms with Crippen LogP contribution in [0.2, 0.25) is 0 Å². The summed E-state index contributed by atoms with van der Waals surface area (Å²) in [7, 11) is 0. The number of hydrogen-bond acceptors (Lipinski definition) is 3. The predicted octanol–water partition coefficient (Wildman–Crippen LogP) is 1.79. The lowest BCUT2D eigenvalue weighted by atomic mass is 10.2. The molecule has 0 heterocycles. The Morgan fingerprint density at radius 1 is 1.20 bits per heavy atom. The molecule has 3 nitrogen and oxygen atoms in total. The molecule has 1 aromatic carbocycles. The number of anilines is 1. The second-order valence-electron chi connectivity index (χ2n) is 3.31. The van der Waals surface area contributed by atoms with Crippen LogP contribution in [0.3, 0.4) is 0 Å². The molecule has 1 rings (SSSR count). The molecule has 0 saturated heterocycles. The molecule has 1 N–H and O–H groups in total. The van der Waals surface area contributed by atoms with Gasteiger partial charge in [-0.2, -0.15) is 5.26 Å². The number of nitrogens with zero attached hydrogens (tertiary/aromatic N) is 2. The topological polar surface area (TPSA) is 47.3 Å². The third-order valence-corrected chi connectivity index (χ3v) is 2.21. The number of para-hydroxylation sites is 1. The maximum atomic E-state index is 8.95. The van der Waals surface area contributed by atoms with Crippen LogP contribution in [0, 0.1) is 11.3 Å². The van der Waals surface area contributed by atoms with E-state index >= 15 is 0 Å². The minimum Gasteiger partial charge on any atom is -0.395 e. The quantitative estimate of drug-likeness (QED) is 0.719. The highest BCUT2D eigenvalue weighted by Crippen LogP contribution is 2.13. The van der Waals surface area contributed by atoms with Crippen molar-refractivity contribution in [2.24, 2.45) is 0 Å². The molecule has 0 bridgehead atoms. The maximum absolute atomic E-state index is 8.95. The minimum absolute atomic E-state index is 0.140. The number of nitriles is 1. The van der Waals surface area contributed by atoms with E-state index in [1.807, 2.05) is 30.3 Å². The molecule has 0 aliphatic heterocycles. The first-order chi connectivity index (χ1) is 7.38. The molecule has 0 amide bonds. The molecular weight excluding hydrogens is 188 g/mol. The fourth-order valence-corrected chi connectivity index (χ4v) is 1.48. The van der Waals surface area contributed by atoms with Crippen LogP contribution in [0.1, 0.15) is 12.8 Å². The monoisotopic (exact) mass is 204 g/mol. The van der Waals surface area contributed by atoms with E-state index in [9.17, 15) is 0 Å². The Morgan fingerprint density at radius 2 is 1.93 bits per heavy atom. The Balaban J connectivity index is 2.54. The lowest BCUT2D eigenvalue weighted by molar-refractivity contribution is 0.301. The van der Waals surface area contributed by atoms with E-state index in [-0.39, 0.29) is 6.61 Å². The van der Waals surface area contributed by atoms with Crippen molar-refractivity contribution < 1.29 is 5.11 Å². The number of aliphatic hydroxyl groups is 1. The SMILES string of the molecule is N#CCCCN(CCO)c1ccccc1. The zero-order valence-corrected chi connectivity index (χ0v) is 8.76. The lowest BCUT2D eigenvalue weighted by Gasteiger charge is -2.23. The van der Waals surface area contributed by atoms with Crippen LogP contribution in [0.4, 0.5) is 5.69 Å². The van der Waals surface area contributed by atoms with Gasteiger partial charge < -0.3 is 10.0 Å². The smallest absolute Gasteiger partial charge is 0.0622 e. The van der Waals surface area contributed by atoms with Crippen molar-refractivity contribution in [3.63, 3.8) is 0 Å². The van der Waals surface area contributed by atoms with Crippen molar-refractivity contribution in [1.82, 2.24) is 0 Å². The zero-order chi connectivity index (χ0) is 10.9. The van der Waals surface area contributed by atoms with Crippen LogP contribution < -0.4 is 4.90 Å². The summed E-state index contributed by atoms with van der Waals surface area (Å²) >= 11 is 0. The average molecular weight is 204 g/mol. The van der Waals surface area contributed by atoms with Crippen LogP contribution in [-0.4, -0.2) is 24.8 Å². The van der Waals surface area contributed by atoms with Gasteiger partial charge in [0, 0.05) is 25.2 Å². The Morgan fingerprint density at radius 3 is 2.53 bits per heavy atom. The van der Waals surface area contributed by atoms with Crippen LogP contribution in [0.25, 0.3) is 0 Å². The normalized spacial score (nSPS) is 9.60. The highest BCUT2D eigenvalue weighted by atomic mass is 16.3. The molecule has 1 aromatic rings. The van der Waals surface area contributed by atoms with Gasteiger partial charge in [0.05, 0.1) is 12.7 Å². The first-order valence-electron chi connectivity index (χ1n) is 5.16. The number of hydrogen-bond donors (Lipinski definition) is 1. The lowest BCUT2D eigenvalue weighted by Crippen LogP contribution is -2.27. The molecule has 0 aliphatic carbocycles. The highest BCUT2D eigenvalue weighted by molar-refractivity contribution is 5.45. The van der Waals surface area contributed by atoms with E-state index in [4.69, 9.17) is 10.4 Å². The van der Waals surface area contributed by atoms with E-state index in [0.29, 0.717) is 13.0 Å². The van der Waals surface area contributed by atoms with Crippen LogP contribution in [0.5, 0.6) is 0 Å². The molecule has 0 saturated carbocycles. The van der Waals surface area contributed by atoms with Crippen molar-refractivity contribution in [3.05, 3.63) is 30.3 Å². The molecule has 15 heavy (non-hydrogen) atoms. The van der Waals surface area contributed by atoms with Gasteiger partial charge in [-0.1, -0.05) is 18.2 Å².